The first-order valence-corrected chi connectivity index (χ1v) is 6.81. The van der Waals surface area contributed by atoms with Crippen LogP contribution in [-0.2, 0) is 11.3 Å². The van der Waals surface area contributed by atoms with Crippen LogP contribution in [0.4, 0.5) is 0 Å². The minimum Gasteiger partial charge on any atom is -0.483 e. The van der Waals surface area contributed by atoms with Crippen molar-refractivity contribution in [2.24, 2.45) is 0 Å². The monoisotopic (exact) mass is 282 g/mol. The fourth-order valence-electron chi connectivity index (χ4n) is 1.92. The normalized spacial score (nSPS) is 14.3. The van der Waals surface area contributed by atoms with Crippen molar-refractivity contribution in [3.63, 3.8) is 0 Å². The smallest absolute Gasteiger partial charge is 0.260 e. The highest BCUT2D eigenvalue weighted by Gasteiger charge is 2.29. The van der Waals surface area contributed by atoms with Crippen molar-refractivity contribution < 1.29 is 9.53 Å². The first-order valence-electron chi connectivity index (χ1n) is 6.43. The Morgan fingerprint density at radius 3 is 2.89 bits per heavy atom. The van der Waals surface area contributed by atoms with Crippen molar-refractivity contribution in [2.75, 3.05) is 20.7 Å². The molecule has 5 heteroatoms. The molecule has 4 nitrogen and oxygen atoms in total. The number of hydrogen-bond donors (Lipinski definition) is 1. The lowest BCUT2D eigenvalue weighted by Gasteiger charge is -2.17. The van der Waals surface area contributed by atoms with Crippen molar-refractivity contribution in [3.05, 3.63) is 28.8 Å². The maximum Gasteiger partial charge on any atom is 0.260 e. The van der Waals surface area contributed by atoms with E-state index < -0.39 is 0 Å². The van der Waals surface area contributed by atoms with Gasteiger partial charge in [-0.1, -0.05) is 11.6 Å². The fourth-order valence-corrected chi connectivity index (χ4v) is 2.12. The number of hydrogen-bond acceptors (Lipinski definition) is 3. The van der Waals surface area contributed by atoms with E-state index in [1.165, 1.54) is 0 Å². The third-order valence-electron chi connectivity index (χ3n) is 3.23. The second-order valence-corrected chi connectivity index (χ2v) is 5.24. The maximum absolute atomic E-state index is 11.9. The van der Waals surface area contributed by atoms with Gasteiger partial charge < -0.3 is 15.0 Å². The van der Waals surface area contributed by atoms with Crippen molar-refractivity contribution in [2.45, 2.75) is 25.4 Å². The van der Waals surface area contributed by atoms with Crippen LogP contribution >= 0.6 is 11.6 Å². The number of benzene rings is 1. The standard InChI is InChI=1S/C14H19ClN2O2/c1-16-8-10-7-11(15)3-6-13(10)19-9-14(18)17(2)12-4-5-12/h3,6-7,12,16H,4-5,8-9H2,1-2H3. The Morgan fingerprint density at radius 2 is 2.26 bits per heavy atom. The molecule has 1 aromatic rings. The second kappa shape index (κ2) is 6.26. The Morgan fingerprint density at radius 1 is 1.53 bits per heavy atom. The molecule has 104 valence electrons. The molecule has 0 radical (unpaired) electrons. The third-order valence-corrected chi connectivity index (χ3v) is 3.46. The maximum atomic E-state index is 11.9. The number of amides is 1. The summed E-state index contributed by atoms with van der Waals surface area (Å²) < 4.78 is 5.62. The molecule has 0 atom stereocenters. The average Bonchev–Trinajstić information content (AvgIpc) is 3.21. The Kier molecular flexibility index (Phi) is 4.66. The highest BCUT2D eigenvalue weighted by Crippen LogP contribution is 2.26. The number of likely N-dealkylation sites (N-methyl/N-ethyl adjacent to an activating group) is 1. The van der Waals surface area contributed by atoms with Gasteiger partial charge in [-0.2, -0.15) is 0 Å². The van der Waals surface area contributed by atoms with E-state index in [-0.39, 0.29) is 12.5 Å². The number of rotatable bonds is 6. The molecule has 1 aliphatic carbocycles. The minimum absolute atomic E-state index is 0.0212. The molecule has 0 aromatic heterocycles. The Balaban J connectivity index is 1.96. The molecule has 1 N–H and O–H groups in total. The van der Waals surface area contributed by atoms with Crippen LogP contribution in [0.1, 0.15) is 18.4 Å². The van der Waals surface area contributed by atoms with Crippen LogP contribution in [0.15, 0.2) is 18.2 Å². The topological polar surface area (TPSA) is 41.6 Å². The van der Waals surface area contributed by atoms with E-state index in [0.717, 1.165) is 18.4 Å². The quantitative estimate of drug-likeness (QED) is 0.868. The summed E-state index contributed by atoms with van der Waals surface area (Å²) in [5.41, 5.74) is 0.955. The number of halogens is 1. The van der Waals surface area contributed by atoms with Crippen LogP contribution in [0.2, 0.25) is 5.02 Å². The van der Waals surface area contributed by atoms with Gasteiger partial charge in [0.1, 0.15) is 5.75 Å². The summed E-state index contributed by atoms with van der Waals surface area (Å²) in [5.74, 6) is 0.726. The molecule has 0 spiro atoms. The zero-order valence-electron chi connectivity index (χ0n) is 11.3. The lowest BCUT2D eigenvalue weighted by molar-refractivity contribution is -0.132. The zero-order chi connectivity index (χ0) is 13.8. The summed E-state index contributed by atoms with van der Waals surface area (Å²) in [6.45, 7) is 0.730. The molecule has 0 bridgehead atoms. The van der Waals surface area contributed by atoms with Crippen LogP contribution in [0.25, 0.3) is 0 Å². The Labute approximate surface area is 118 Å². The average molecular weight is 283 g/mol. The van der Waals surface area contributed by atoms with Crippen molar-refractivity contribution in [1.29, 1.82) is 0 Å². The summed E-state index contributed by atoms with van der Waals surface area (Å²) in [4.78, 5) is 13.7. The molecule has 0 saturated heterocycles. The van der Waals surface area contributed by atoms with Crippen LogP contribution in [-0.4, -0.2) is 37.6 Å². The molecular weight excluding hydrogens is 264 g/mol. The van der Waals surface area contributed by atoms with Gasteiger partial charge in [0.05, 0.1) is 0 Å². The van der Waals surface area contributed by atoms with E-state index >= 15 is 0 Å². The van der Waals surface area contributed by atoms with Gasteiger partial charge in [0, 0.05) is 30.2 Å². The van der Waals surface area contributed by atoms with E-state index in [2.05, 4.69) is 5.32 Å². The van der Waals surface area contributed by atoms with Crippen LogP contribution in [0.3, 0.4) is 0 Å². The summed E-state index contributed by atoms with van der Waals surface area (Å²) in [6.07, 6.45) is 2.21. The van der Waals surface area contributed by atoms with Gasteiger partial charge in [-0.15, -0.1) is 0 Å². The summed E-state index contributed by atoms with van der Waals surface area (Å²) >= 11 is 5.96. The lowest BCUT2D eigenvalue weighted by Crippen LogP contribution is -2.33. The summed E-state index contributed by atoms with van der Waals surface area (Å²) in [5, 5.41) is 3.72. The Hall–Kier alpha value is -1.26. The summed E-state index contributed by atoms with van der Waals surface area (Å²) in [6, 6.07) is 5.84. The van der Waals surface area contributed by atoms with Crippen LogP contribution < -0.4 is 10.1 Å². The molecule has 1 amide bonds. The van der Waals surface area contributed by atoms with Gasteiger partial charge in [0.2, 0.25) is 0 Å². The largest absolute Gasteiger partial charge is 0.483 e. The molecule has 1 fully saturated rings. The number of nitrogens with one attached hydrogen (secondary N) is 1. The van der Waals surface area contributed by atoms with Gasteiger partial charge >= 0.3 is 0 Å². The minimum atomic E-state index is 0.0212. The van der Waals surface area contributed by atoms with E-state index in [1.807, 2.05) is 20.2 Å². The molecule has 0 unspecified atom stereocenters. The first-order chi connectivity index (χ1) is 9.11. The van der Waals surface area contributed by atoms with Gasteiger partial charge in [0.15, 0.2) is 6.61 Å². The Bertz CT molecular complexity index is 461. The molecule has 0 aliphatic heterocycles. The van der Waals surface area contributed by atoms with Crippen molar-refractivity contribution in [1.82, 2.24) is 10.2 Å². The number of nitrogens with zero attached hydrogens (tertiary/aromatic N) is 1. The summed E-state index contributed by atoms with van der Waals surface area (Å²) in [7, 11) is 3.69. The van der Waals surface area contributed by atoms with Crippen LogP contribution in [0.5, 0.6) is 5.75 Å². The van der Waals surface area contributed by atoms with Gasteiger partial charge in [-0.05, 0) is 38.1 Å². The SMILES string of the molecule is CNCc1cc(Cl)ccc1OCC(=O)N(C)C1CC1. The lowest BCUT2D eigenvalue weighted by atomic mass is 10.2. The molecule has 1 saturated carbocycles. The molecule has 1 aliphatic rings. The second-order valence-electron chi connectivity index (χ2n) is 4.81. The number of ether oxygens (including phenoxy) is 1. The number of carbonyl (C=O) groups excluding carboxylic acids is 1. The highest BCUT2D eigenvalue weighted by atomic mass is 35.5. The van der Waals surface area contributed by atoms with Crippen molar-refractivity contribution >= 4 is 17.5 Å². The molecule has 2 rings (SSSR count). The zero-order valence-corrected chi connectivity index (χ0v) is 12.0. The predicted molar refractivity (Wildman–Crippen MR) is 75.5 cm³/mol. The molecule has 19 heavy (non-hydrogen) atoms. The van der Waals surface area contributed by atoms with E-state index in [1.54, 1.807) is 17.0 Å². The fraction of sp³-hybridized carbons (Fsp3) is 0.500. The van der Waals surface area contributed by atoms with E-state index in [9.17, 15) is 4.79 Å². The predicted octanol–water partition coefficient (Wildman–Crippen LogP) is 2.06. The molecule has 0 heterocycles. The van der Waals surface area contributed by atoms with E-state index in [4.69, 9.17) is 16.3 Å². The van der Waals surface area contributed by atoms with Crippen LogP contribution in [0, 0.1) is 0 Å². The highest BCUT2D eigenvalue weighted by molar-refractivity contribution is 6.30. The van der Waals surface area contributed by atoms with Gasteiger partial charge in [-0.3, -0.25) is 4.79 Å². The first kappa shape index (κ1) is 14.2. The van der Waals surface area contributed by atoms with Crippen molar-refractivity contribution in [3.8, 4) is 5.75 Å². The molecular formula is C14H19ClN2O2. The van der Waals surface area contributed by atoms with Gasteiger partial charge in [0.25, 0.3) is 5.91 Å². The molecule has 1 aromatic carbocycles. The third kappa shape index (κ3) is 3.85. The number of carbonyl (C=O) groups is 1. The van der Waals surface area contributed by atoms with E-state index in [0.29, 0.717) is 23.4 Å². The van der Waals surface area contributed by atoms with Gasteiger partial charge in [-0.25, -0.2) is 0 Å².